The van der Waals surface area contributed by atoms with Gasteiger partial charge < -0.3 is 0 Å². The van der Waals surface area contributed by atoms with Crippen LogP contribution in [0.1, 0.15) is 27.2 Å². The molecule has 0 aromatic carbocycles. The molecule has 78 valence electrons. The Bertz CT molecular complexity index is 261. The minimum absolute atomic E-state index is 0.311. The first kappa shape index (κ1) is 12.6. The van der Waals surface area contributed by atoms with E-state index in [-0.39, 0.29) is 0 Å². The molecule has 0 aliphatic heterocycles. The minimum atomic E-state index is -0.571. The predicted molar refractivity (Wildman–Crippen MR) is 62.5 cm³/mol. The summed E-state index contributed by atoms with van der Waals surface area (Å²) in [5.74, 6) is 0. The summed E-state index contributed by atoms with van der Waals surface area (Å²) in [6.07, 6.45) is 5.98. The molecule has 0 aromatic rings. The topological polar surface area (TPSA) is 12.0 Å². The van der Waals surface area contributed by atoms with Gasteiger partial charge in [0.05, 0.1) is 0 Å². The molecule has 14 heavy (non-hydrogen) atoms. The second-order valence-electron chi connectivity index (χ2n) is 5.20. The number of nitrogens with one attached hydrogen (secondary N) is 1. The molecule has 1 N–H and O–H groups in total. The van der Waals surface area contributed by atoms with Crippen molar-refractivity contribution in [3.8, 4) is 0 Å². The number of rotatable bonds is 3. The van der Waals surface area contributed by atoms with E-state index in [0.717, 1.165) is 0 Å². The van der Waals surface area contributed by atoms with Crippen molar-refractivity contribution in [3.63, 3.8) is 0 Å². The molecule has 0 amide bonds. The van der Waals surface area contributed by atoms with Gasteiger partial charge in [-0.3, -0.25) is 0 Å². The predicted octanol–water partition coefficient (Wildman–Crippen LogP) is 2.61. The van der Waals surface area contributed by atoms with Crippen molar-refractivity contribution in [3.05, 3.63) is 20.6 Å². The zero-order valence-corrected chi connectivity index (χ0v) is 13.6. The molecule has 1 nitrogen and oxygen atoms in total. The second-order valence-corrected chi connectivity index (χ2v) is 10.8. The van der Waals surface area contributed by atoms with E-state index in [9.17, 15) is 0 Å². The summed E-state index contributed by atoms with van der Waals surface area (Å²) in [6.45, 7) is 11.7. The normalized spacial score (nSPS) is 17.0. The summed E-state index contributed by atoms with van der Waals surface area (Å²) >= 11 is -0.490. The van der Waals surface area contributed by atoms with E-state index >= 15 is 0 Å². The molecule has 1 aliphatic carbocycles. The van der Waals surface area contributed by atoms with Crippen molar-refractivity contribution < 1.29 is 23.5 Å². The van der Waals surface area contributed by atoms with Crippen LogP contribution in [0.3, 0.4) is 0 Å². The molecule has 0 spiro atoms. The third kappa shape index (κ3) is 3.96. The Morgan fingerprint density at radius 2 is 2.00 bits per heavy atom. The molecule has 0 radical (unpaired) electrons. The summed E-state index contributed by atoms with van der Waals surface area (Å²) in [7, 11) is -0.571. The molecule has 0 bridgehead atoms. The first-order valence-electron chi connectivity index (χ1n) is 5.33. The first-order valence-corrected chi connectivity index (χ1v) is 10.7. The fourth-order valence-corrected chi connectivity index (χ4v) is 7.73. The van der Waals surface area contributed by atoms with Crippen LogP contribution >= 0.6 is 0 Å². The Balaban J connectivity index is 2.57. The van der Waals surface area contributed by atoms with Crippen LogP contribution in [0.25, 0.3) is 0 Å². The second kappa shape index (κ2) is 5.05. The number of hydrogen-bond acceptors (Lipinski definition) is 1. The Morgan fingerprint density at radius 3 is 2.50 bits per heavy atom. The summed E-state index contributed by atoms with van der Waals surface area (Å²) in [5, 5.41) is 1.74. The molecule has 0 atom stereocenters. The Kier molecular flexibility index (Phi) is 4.55. The summed E-state index contributed by atoms with van der Waals surface area (Å²) < 4.78 is 5.54. The van der Waals surface area contributed by atoms with Crippen LogP contribution in [0, 0.1) is 0 Å². The zero-order chi connectivity index (χ0) is 10.8. The van der Waals surface area contributed by atoms with E-state index in [0.29, 0.717) is 5.54 Å². The van der Waals surface area contributed by atoms with Gasteiger partial charge in [-0.25, -0.2) is 0 Å². The number of hydrogen-bond donors (Lipinski definition) is 1. The first-order chi connectivity index (χ1) is 6.40. The van der Waals surface area contributed by atoms with Gasteiger partial charge in [-0.2, -0.15) is 0 Å². The molecule has 0 saturated carbocycles. The van der Waals surface area contributed by atoms with Gasteiger partial charge in [0.1, 0.15) is 0 Å². The van der Waals surface area contributed by atoms with Crippen LogP contribution in [0.4, 0.5) is 0 Å². The molecule has 0 heterocycles. The molecule has 1 rings (SSSR count). The van der Waals surface area contributed by atoms with Crippen molar-refractivity contribution in [2.24, 2.45) is 0 Å². The van der Waals surface area contributed by atoms with Crippen LogP contribution in [0.5, 0.6) is 0 Å². The van der Waals surface area contributed by atoms with E-state index in [2.05, 4.69) is 49.3 Å². The van der Waals surface area contributed by atoms with Gasteiger partial charge in [0.2, 0.25) is 0 Å². The molecule has 0 fully saturated rings. The van der Waals surface area contributed by atoms with Crippen molar-refractivity contribution in [1.82, 2.24) is 3.26 Å². The average Bonchev–Trinajstić information content (AvgIpc) is 2.46. The third-order valence-electron chi connectivity index (χ3n) is 2.18. The SMILES string of the molecule is C[SiH](C)C1=[C]([Zr][NH]C(C)(C)C)CC=C1. The Labute approximate surface area is 102 Å². The van der Waals surface area contributed by atoms with Gasteiger partial charge >= 0.3 is 102 Å². The Morgan fingerprint density at radius 1 is 1.36 bits per heavy atom. The molecule has 0 aromatic heterocycles. The third-order valence-corrected chi connectivity index (χ3v) is 8.78. The standard InChI is InChI=1S/C7H11Si.C4H10N.Zr/c1-8(2)7-5-3-4-6-7;1-4(2,3)5;/h3,5,8H,4H2,1-2H3;5H,1-3H3;/q;-1;+1. The molecular formula is C11H21NSiZr. The maximum absolute atomic E-state index is 3.74. The molecule has 1 aliphatic rings. The Hall–Kier alpha value is 0.540. The fraction of sp³-hybridized carbons (Fsp3) is 0.636. The van der Waals surface area contributed by atoms with Gasteiger partial charge in [-0.05, 0) is 0 Å². The monoisotopic (exact) mass is 285 g/mol. The maximum atomic E-state index is 3.74. The zero-order valence-electron chi connectivity index (χ0n) is 9.94. The molecular weight excluding hydrogens is 265 g/mol. The van der Waals surface area contributed by atoms with Gasteiger partial charge in [0.25, 0.3) is 0 Å². The van der Waals surface area contributed by atoms with E-state index in [1.54, 1.807) is 8.48 Å². The van der Waals surface area contributed by atoms with Gasteiger partial charge in [0, 0.05) is 0 Å². The molecule has 0 unspecified atom stereocenters. The van der Waals surface area contributed by atoms with Crippen molar-refractivity contribution in [2.75, 3.05) is 0 Å². The van der Waals surface area contributed by atoms with E-state index in [1.807, 2.05) is 0 Å². The van der Waals surface area contributed by atoms with Crippen molar-refractivity contribution >= 4 is 8.80 Å². The summed E-state index contributed by atoms with van der Waals surface area (Å²) in [6, 6.07) is 0. The van der Waals surface area contributed by atoms with Crippen LogP contribution in [0.15, 0.2) is 20.6 Å². The van der Waals surface area contributed by atoms with E-state index < -0.39 is 32.3 Å². The van der Waals surface area contributed by atoms with Crippen molar-refractivity contribution in [1.29, 1.82) is 0 Å². The van der Waals surface area contributed by atoms with E-state index in [1.165, 1.54) is 6.42 Å². The van der Waals surface area contributed by atoms with Gasteiger partial charge in [-0.15, -0.1) is 0 Å². The number of allylic oxidation sites excluding steroid dienone is 4. The van der Waals surface area contributed by atoms with Crippen molar-refractivity contribution in [2.45, 2.75) is 45.8 Å². The van der Waals surface area contributed by atoms with Gasteiger partial charge in [0.15, 0.2) is 0 Å². The van der Waals surface area contributed by atoms with E-state index in [4.69, 9.17) is 0 Å². The quantitative estimate of drug-likeness (QED) is 0.787. The van der Waals surface area contributed by atoms with Crippen LogP contribution in [-0.2, 0) is 23.5 Å². The summed E-state index contributed by atoms with van der Waals surface area (Å²) in [4.78, 5) is 0. The fourth-order valence-electron chi connectivity index (χ4n) is 1.45. The van der Waals surface area contributed by atoms with Gasteiger partial charge in [-0.1, -0.05) is 0 Å². The van der Waals surface area contributed by atoms with Crippen LogP contribution in [-0.4, -0.2) is 14.3 Å². The molecule has 0 saturated heterocycles. The molecule has 3 heteroatoms. The van der Waals surface area contributed by atoms with Crippen LogP contribution in [0.2, 0.25) is 13.1 Å². The summed E-state index contributed by atoms with van der Waals surface area (Å²) in [5.41, 5.74) is 0.311. The van der Waals surface area contributed by atoms with Crippen LogP contribution < -0.4 is 3.26 Å². The average molecular weight is 287 g/mol.